The van der Waals surface area contributed by atoms with Crippen LogP contribution < -0.4 is 58.7 Å². The Labute approximate surface area is 176 Å². The fraction of sp³-hybridized carbons (Fsp3) is 0. The maximum absolute atomic E-state index is 8.55. The van der Waals surface area contributed by atoms with Gasteiger partial charge in [-0.15, -0.1) is 0 Å². The molecule has 24 heteroatoms. The van der Waals surface area contributed by atoms with Gasteiger partial charge >= 0.3 is 63.2 Å². The molecule has 0 bridgehead atoms. The standard InChI is InChI=1S/4H3O4P.H2O.3W/c4*1-5(2,3)4;;;;/h4*(H3,1,2,3,4);1H2;;;/q;;;;;3*+4/p-12. The fourth-order valence-electron chi connectivity index (χ4n) is 0. The summed E-state index contributed by atoms with van der Waals surface area (Å²) >= 11 is 0. The van der Waals surface area contributed by atoms with Crippen LogP contribution in [0.5, 0.6) is 0 Å². The van der Waals surface area contributed by atoms with Crippen LogP contribution in [0.15, 0.2) is 0 Å². The second-order valence-corrected chi connectivity index (χ2v) is 5.37. The summed E-state index contributed by atoms with van der Waals surface area (Å²) in [6.45, 7) is 0. The molecule has 24 heavy (non-hydrogen) atoms. The molecule has 0 aliphatic heterocycles. The maximum Gasteiger partial charge on any atom is 4.00 e. The first-order valence-electron chi connectivity index (χ1n) is 2.92. The second kappa shape index (κ2) is 21.8. The first-order chi connectivity index (χ1) is 8.00. The Morgan fingerprint density at radius 2 is 0.333 bits per heavy atom. The van der Waals surface area contributed by atoms with Crippen molar-refractivity contribution >= 4 is 31.3 Å². The summed E-state index contributed by atoms with van der Waals surface area (Å²) < 4.78 is 34.2. The Balaban J connectivity index is -0.0000000225. The van der Waals surface area contributed by atoms with Gasteiger partial charge in [-0.25, -0.2) is 0 Å². The van der Waals surface area contributed by atoms with Crippen LogP contribution in [0.4, 0.5) is 0 Å². The van der Waals surface area contributed by atoms with Crippen LogP contribution >= 0.6 is 31.3 Å². The van der Waals surface area contributed by atoms with Gasteiger partial charge in [0.25, 0.3) is 0 Å². The first kappa shape index (κ1) is 50.3. The molecule has 0 aliphatic carbocycles. The van der Waals surface area contributed by atoms with Crippen LogP contribution in [0.2, 0.25) is 0 Å². The van der Waals surface area contributed by atoms with E-state index in [-0.39, 0.29) is 68.7 Å². The van der Waals surface area contributed by atoms with Gasteiger partial charge in [0, 0.05) is 0 Å². The van der Waals surface area contributed by atoms with E-state index in [0.29, 0.717) is 0 Å². The van der Waals surface area contributed by atoms with Crippen LogP contribution in [0.3, 0.4) is 0 Å². The number of rotatable bonds is 0. The van der Waals surface area contributed by atoms with Crippen LogP contribution in [-0.4, -0.2) is 5.48 Å². The van der Waals surface area contributed by atoms with Crippen molar-refractivity contribution in [1.29, 1.82) is 0 Å². The van der Waals surface area contributed by atoms with E-state index < -0.39 is 31.3 Å². The molecular formula is H2O17P4W3. The van der Waals surface area contributed by atoms with E-state index >= 15 is 0 Å². The molecule has 0 aromatic carbocycles. The van der Waals surface area contributed by atoms with Crippen molar-refractivity contribution in [3.63, 3.8) is 0 Å². The minimum Gasteiger partial charge on any atom is -0.822 e. The topological polar surface area (TPSA) is 376 Å². The molecule has 0 saturated heterocycles. The zero-order valence-electron chi connectivity index (χ0n) is 10.0. The fourth-order valence-corrected chi connectivity index (χ4v) is 0. The van der Waals surface area contributed by atoms with E-state index in [1.54, 1.807) is 0 Å². The Kier molecular flexibility index (Phi) is 45.6. The normalized spacial score (nSPS) is 9.83. The van der Waals surface area contributed by atoms with Crippen molar-refractivity contribution in [3.05, 3.63) is 0 Å². The molecule has 0 fully saturated rings. The van der Waals surface area contributed by atoms with Gasteiger partial charge in [-0.2, -0.15) is 31.3 Å². The van der Waals surface area contributed by atoms with Crippen molar-refractivity contribution < 1.29 is 146 Å². The van der Waals surface area contributed by atoms with Gasteiger partial charge in [0.2, 0.25) is 0 Å². The average Bonchev–Trinajstić information content (AvgIpc) is 1.62. The van der Waals surface area contributed by atoms with Gasteiger partial charge in [-0.3, -0.25) is 0 Å². The SMILES string of the molecule is O.O=P([O-])([O-])[O-].O=P([O-])([O-])[O-].O=P([O-])([O-])[O-].O=P([O-])([O-])[O-].[W+4].[W+4].[W+4]. The molecule has 0 radical (unpaired) electrons. The quantitative estimate of drug-likeness (QED) is 0.204. The Bertz CT molecular complexity index is 292. The van der Waals surface area contributed by atoms with E-state index in [9.17, 15) is 0 Å². The number of hydrogen-bond acceptors (Lipinski definition) is 16. The summed E-state index contributed by atoms with van der Waals surface area (Å²) in [5.41, 5.74) is 0. The Morgan fingerprint density at radius 1 is 0.333 bits per heavy atom. The third-order valence-corrected chi connectivity index (χ3v) is 0. The zero-order chi connectivity index (χ0) is 18.0. The van der Waals surface area contributed by atoms with Crippen LogP contribution in [0, 0.1) is 0 Å². The minimum atomic E-state index is -5.39. The van der Waals surface area contributed by atoms with Crippen LogP contribution in [0.25, 0.3) is 0 Å². The van der Waals surface area contributed by atoms with Gasteiger partial charge in [-0.1, -0.05) is 0 Å². The van der Waals surface area contributed by atoms with E-state index in [0.717, 1.165) is 0 Å². The monoisotopic (exact) mass is 950 g/mol. The molecule has 0 spiro atoms. The van der Waals surface area contributed by atoms with E-state index in [1.165, 1.54) is 0 Å². The molecule has 0 aliphatic rings. The predicted molar refractivity (Wildman–Crippen MR) is 34.0 cm³/mol. The Hall–Kier alpha value is 2.46. The first-order valence-corrected chi connectivity index (χ1v) is 8.76. The molecule has 0 rings (SSSR count). The minimum absolute atomic E-state index is 0. The van der Waals surface area contributed by atoms with Gasteiger partial charge in [0.05, 0.1) is 0 Å². The predicted octanol–water partition coefficient (Wildman–Crippen LogP) is -12.1. The van der Waals surface area contributed by atoms with Gasteiger partial charge in [0.1, 0.15) is 0 Å². The average molecular weight is 949 g/mol. The van der Waals surface area contributed by atoms with Gasteiger partial charge in [-0.05, 0) is 0 Å². The molecular weight excluding hydrogens is 947 g/mol. The summed E-state index contributed by atoms with van der Waals surface area (Å²) in [7, 11) is -21.6. The van der Waals surface area contributed by atoms with Crippen molar-refractivity contribution in [2.45, 2.75) is 0 Å². The van der Waals surface area contributed by atoms with E-state index in [2.05, 4.69) is 0 Å². The summed E-state index contributed by atoms with van der Waals surface area (Å²) in [5, 5.41) is 0. The summed E-state index contributed by atoms with van der Waals surface area (Å²) in [5.74, 6) is 0. The molecule has 0 aromatic heterocycles. The molecule has 0 saturated carbocycles. The zero-order valence-corrected chi connectivity index (χ0v) is 22.4. The third-order valence-electron chi connectivity index (χ3n) is 0. The Morgan fingerprint density at radius 3 is 0.333 bits per heavy atom. The van der Waals surface area contributed by atoms with Crippen LogP contribution in [-0.2, 0) is 81.5 Å². The molecule has 142 valence electrons. The van der Waals surface area contributed by atoms with Crippen LogP contribution in [0.1, 0.15) is 0 Å². The summed E-state index contributed by atoms with van der Waals surface area (Å²) in [4.78, 5) is 103. The maximum atomic E-state index is 8.55. The smallest absolute Gasteiger partial charge is 0.822 e. The van der Waals surface area contributed by atoms with E-state index in [1.807, 2.05) is 0 Å². The molecule has 0 heterocycles. The van der Waals surface area contributed by atoms with Gasteiger partial charge < -0.3 is 82.5 Å². The summed E-state index contributed by atoms with van der Waals surface area (Å²) in [6, 6.07) is 0. The largest absolute Gasteiger partial charge is 4.00 e. The molecule has 2 N–H and O–H groups in total. The third kappa shape index (κ3) is 2220. The number of phosphoric acid groups is 4. The van der Waals surface area contributed by atoms with Crippen molar-refractivity contribution in [3.8, 4) is 0 Å². The van der Waals surface area contributed by atoms with Gasteiger partial charge in [0.15, 0.2) is 0 Å². The van der Waals surface area contributed by atoms with Crippen molar-refractivity contribution in [2.75, 3.05) is 0 Å². The number of hydrogen-bond donors (Lipinski definition) is 0. The molecule has 0 amide bonds. The molecule has 17 nitrogen and oxygen atoms in total. The second-order valence-electron chi connectivity index (χ2n) is 1.79. The summed E-state index contributed by atoms with van der Waals surface area (Å²) in [6.07, 6.45) is 0. The molecule has 0 atom stereocenters. The van der Waals surface area contributed by atoms with E-state index in [4.69, 9.17) is 77.0 Å². The molecule has 0 unspecified atom stereocenters. The molecule has 0 aromatic rings. The van der Waals surface area contributed by atoms with Crippen molar-refractivity contribution in [2.24, 2.45) is 0 Å². The van der Waals surface area contributed by atoms with Crippen molar-refractivity contribution in [1.82, 2.24) is 0 Å².